The van der Waals surface area contributed by atoms with Crippen molar-refractivity contribution in [2.24, 2.45) is 5.73 Å². The molecular formula is C11H13N3O. The van der Waals surface area contributed by atoms with E-state index in [0.29, 0.717) is 0 Å². The number of nitrogens with zero attached hydrogens (tertiary/aromatic N) is 2. The maximum Gasteiger partial charge on any atom is 0.115 e. The van der Waals surface area contributed by atoms with Crippen molar-refractivity contribution in [2.75, 3.05) is 0 Å². The van der Waals surface area contributed by atoms with E-state index < -0.39 is 0 Å². The zero-order chi connectivity index (χ0) is 10.8. The minimum atomic E-state index is -0.219. The molecule has 0 spiro atoms. The molecule has 0 saturated carbocycles. The van der Waals surface area contributed by atoms with Crippen molar-refractivity contribution in [1.82, 2.24) is 9.97 Å². The first-order chi connectivity index (χ1) is 7.18. The van der Waals surface area contributed by atoms with Gasteiger partial charge in [0.25, 0.3) is 0 Å². The fourth-order valence-electron chi connectivity index (χ4n) is 1.61. The summed E-state index contributed by atoms with van der Waals surface area (Å²) >= 11 is 0. The molecule has 78 valence electrons. The van der Waals surface area contributed by atoms with Gasteiger partial charge in [-0.05, 0) is 19.9 Å². The Morgan fingerprint density at radius 2 is 1.93 bits per heavy atom. The number of nitrogens with two attached hydrogens (primary N) is 1. The van der Waals surface area contributed by atoms with Gasteiger partial charge in [-0.3, -0.25) is 0 Å². The third-order valence-electron chi connectivity index (χ3n) is 2.35. The molecule has 1 unspecified atom stereocenters. The van der Waals surface area contributed by atoms with E-state index in [9.17, 15) is 0 Å². The molecular weight excluding hydrogens is 190 g/mol. The molecule has 0 aliphatic carbocycles. The zero-order valence-corrected chi connectivity index (χ0v) is 8.77. The second-order valence-corrected chi connectivity index (χ2v) is 3.52. The van der Waals surface area contributed by atoms with E-state index in [4.69, 9.17) is 10.2 Å². The predicted molar refractivity (Wildman–Crippen MR) is 56.2 cm³/mol. The van der Waals surface area contributed by atoms with Crippen LogP contribution in [0.2, 0.25) is 0 Å². The summed E-state index contributed by atoms with van der Waals surface area (Å²) in [5, 5.41) is 0. The molecule has 2 heterocycles. The van der Waals surface area contributed by atoms with Gasteiger partial charge in [0.2, 0.25) is 0 Å². The first-order valence-electron chi connectivity index (χ1n) is 4.76. The van der Waals surface area contributed by atoms with Gasteiger partial charge in [-0.1, -0.05) is 0 Å². The van der Waals surface area contributed by atoms with Crippen molar-refractivity contribution in [2.45, 2.75) is 19.9 Å². The first-order valence-corrected chi connectivity index (χ1v) is 4.76. The van der Waals surface area contributed by atoms with Gasteiger partial charge in [-0.25, -0.2) is 9.97 Å². The maximum absolute atomic E-state index is 6.09. The summed E-state index contributed by atoms with van der Waals surface area (Å²) in [5.74, 6) is 1.72. The van der Waals surface area contributed by atoms with Gasteiger partial charge >= 0.3 is 0 Å². The third-order valence-corrected chi connectivity index (χ3v) is 2.35. The van der Waals surface area contributed by atoms with Crippen LogP contribution in [0.1, 0.15) is 28.7 Å². The number of hydrogen-bond acceptors (Lipinski definition) is 4. The highest BCUT2D eigenvalue weighted by Crippen LogP contribution is 2.24. The molecule has 4 nitrogen and oxygen atoms in total. The van der Waals surface area contributed by atoms with Gasteiger partial charge in [0.1, 0.15) is 17.8 Å². The fraction of sp³-hybridized carbons (Fsp3) is 0.273. The monoisotopic (exact) mass is 203 g/mol. The molecule has 1 atom stereocenters. The minimum Gasteiger partial charge on any atom is -0.466 e. The topological polar surface area (TPSA) is 64.9 Å². The van der Waals surface area contributed by atoms with Crippen LogP contribution < -0.4 is 5.73 Å². The third kappa shape index (κ3) is 1.89. The first kappa shape index (κ1) is 9.86. The van der Waals surface area contributed by atoms with Crippen molar-refractivity contribution in [3.05, 3.63) is 47.4 Å². The lowest BCUT2D eigenvalue weighted by molar-refractivity contribution is 0.499. The lowest BCUT2D eigenvalue weighted by atomic mass is 10.0. The Bertz CT molecular complexity index is 450. The fourth-order valence-corrected chi connectivity index (χ4v) is 1.61. The Morgan fingerprint density at radius 3 is 2.47 bits per heavy atom. The van der Waals surface area contributed by atoms with Gasteiger partial charge in [-0.15, -0.1) is 0 Å². The van der Waals surface area contributed by atoms with Gasteiger partial charge in [0.05, 0.1) is 6.04 Å². The van der Waals surface area contributed by atoms with Crippen LogP contribution in [-0.2, 0) is 0 Å². The van der Waals surface area contributed by atoms with Gasteiger partial charge in [0.15, 0.2) is 0 Å². The molecule has 2 aromatic heterocycles. The Balaban J connectivity index is 2.36. The highest BCUT2D eigenvalue weighted by molar-refractivity contribution is 5.31. The van der Waals surface area contributed by atoms with Crippen LogP contribution in [0.3, 0.4) is 0 Å². The van der Waals surface area contributed by atoms with Crippen LogP contribution in [0.25, 0.3) is 0 Å². The van der Waals surface area contributed by atoms with Gasteiger partial charge < -0.3 is 10.2 Å². The second-order valence-electron chi connectivity index (χ2n) is 3.52. The molecule has 4 heteroatoms. The molecule has 0 radical (unpaired) electrons. The number of aromatic nitrogens is 2. The number of aryl methyl sites for hydroxylation is 2. The molecule has 15 heavy (non-hydrogen) atoms. The Hall–Kier alpha value is -1.68. The summed E-state index contributed by atoms with van der Waals surface area (Å²) < 4.78 is 5.44. The largest absolute Gasteiger partial charge is 0.466 e. The van der Waals surface area contributed by atoms with Crippen LogP contribution in [0.4, 0.5) is 0 Å². The smallest absolute Gasteiger partial charge is 0.115 e. The number of hydrogen-bond donors (Lipinski definition) is 1. The Labute approximate surface area is 88.2 Å². The quantitative estimate of drug-likeness (QED) is 0.807. The predicted octanol–water partition coefficient (Wildman–Crippen LogP) is 1.73. The SMILES string of the molecule is Cc1cc(C(N)c2cncnc2)c(C)o1. The molecule has 2 aromatic rings. The van der Waals surface area contributed by atoms with Crippen LogP contribution in [0, 0.1) is 13.8 Å². The summed E-state index contributed by atoms with van der Waals surface area (Å²) in [6.45, 7) is 3.82. The van der Waals surface area contributed by atoms with Crippen LogP contribution in [-0.4, -0.2) is 9.97 Å². The molecule has 2 rings (SSSR count). The van der Waals surface area contributed by atoms with Crippen LogP contribution >= 0.6 is 0 Å². The van der Waals surface area contributed by atoms with Crippen molar-refractivity contribution in [3.63, 3.8) is 0 Å². The van der Waals surface area contributed by atoms with Crippen molar-refractivity contribution >= 4 is 0 Å². The average Bonchev–Trinajstić information content (AvgIpc) is 2.58. The highest BCUT2D eigenvalue weighted by Gasteiger charge is 2.15. The van der Waals surface area contributed by atoms with Crippen molar-refractivity contribution in [1.29, 1.82) is 0 Å². The molecule has 2 N–H and O–H groups in total. The lowest BCUT2D eigenvalue weighted by Gasteiger charge is -2.09. The van der Waals surface area contributed by atoms with E-state index in [2.05, 4.69) is 9.97 Å². The lowest BCUT2D eigenvalue weighted by Crippen LogP contribution is -2.12. The standard InChI is InChI=1S/C11H13N3O/c1-7-3-10(8(2)15-7)11(12)9-4-13-6-14-5-9/h3-6,11H,12H2,1-2H3. The van der Waals surface area contributed by atoms with Crippen molar-refractivity contribution < 1.29 is 4.42 Å². The van der Waals surface area contributed by atoms with E-state index in [1.165, 1.54) is 6.33 Å². The van der Waals surface area contributed by atoms with E-state index >= 15 is 0 Å². The Kier molecular flexibility index (Phi) is 2.51. The summed E-state index contributed by atoms with van der Waals surface area (Å²) in [5.41, 5.74) is 7.97. The van der Waals surface area contributed by atoms with E-state index in [1.54, 1.807) is 12.4 Å². The summed E-state index contributed by atoms with van der Waals surface area (Å²) in [4.78, 5) is 7.89. The molecule has 0 saturated heterocycles. The molecule has 0 amide bonds. The Morgan fingerprint density at radius 1 is 1.27 bits per heavy atom. The minimum absolute atomic E-state index is 0.219. The van der Waals surface area contributed by atoms with E-state index in [1.807, 2.05) is 19.9 Å². The van der Waals surface area contributed by atoms with Crippen LogP contribution in [0.15, 0.2) is 29.2 Å². The summed E-state index contributed by atoms with van der Waals surface area (Å²) in [7, 11) is 0. The second kappa shape index (κ2) is 3.82. The average molecular weight is 203 g/mol. The molecule has 0 aromatic carbocycles. The normalized spacial score (nSPS) is 12.7. The molecule has 0 aliphatic heterocycles. The van der Waals surface area contributed by atoms with Gasteiger partial charge in [0, 0.05) is 23.5 Å². The highest BCUT2D eigenvalue weighted by atomic mass is 16.3. The maximum atomic E-state index is 6.09. The number of furan rings is 1. The van der Waals surface area contributed by atoms with Gasteiger partial charge in [-0.2, -0.15) is 0 Å². The molecule has 0 bridgehead atoms. The number of rotatable bonds is 2. The summed E-state index contributed by atoms with van der Waals surface area (Å²) in [6.07, 6.45) is 4.93. The summed E-state index contributed by atoms with van der Waals surface area (Å²) in [6, 6.07) is 1.73. The molecule has 0 aliphatic rings. The van der Waals surface area contributed by atoms with E-state index in [0.717, 1.165) is 22.6 Å². The van der Waals surface area contributed by atoms with E-state index in [-0.39, 0.29) is 6.04 Å². The zero-order valence-electron chi connectivity index (χ0n) is 8.77. The molecule has 0 fully saturated rings. The van der Waals surface area contributed by atoms with Crippen LogP contribution in [0.5, 0.6) is 0 Å². The van der Waals surface area contributed by atoms with Crippen molar-refractivity contribution in [3.8, 4) is 0 Å².